The van der Waals surface area contributed by atoms with E-state index >= 15 is 0 Å². The van der Waals surface area contributed by atoms with Crippen molar-refractivity contribution in [2.24, 2.45) is 11.8 Å². The number of nitrogens with zero attached hydrogens (tertiary/aromatic N) is 1. The molecule has 1 fully saturated rings. The molecule has 0 aliphatic heterocycles. The van der Waals surface area contributed by atoms with Crippen molar-refractivity contribution in [2.75, 3.05) is 7.05 Å². The maximum atomic E-state index is 13.0. The van der Waals surface area contributed by atoms with E-state index in [0.29, 0.717) is 12.0 Å². The first kappa shape index (κ1) is 13.5. The number of hydrogen-bond acceptors (Lipinski definition) is 2. The topological polar surface area (TPSA) is 57.6 Å². The van der Waals surface area contributed by atoms with Crippen molar-refractivity contribution in [1.29, 1.82) is 0 Å². The van der Waals surface area contributed by atoms with Gasteiger partial charge in [0.15, 0.2) is 11.6 Å². The lowest BCUT2D eigenvalue weighted by Gasteiger charge is -2.17. The van der Waals surface area contributed by atoms with Gasteiger partial charge in [0.05, 0.1) is 11.8 Å². The third kappa shape index (κ3) is 2.89. The molecule has 1 aliphatic carbocycles. The van der Waals surface area contributed by atoms with Gasteiger partial charge in [0.1, 0.15) is 0 Å². The number of rotatable bonds is 4. The Morgan fingerprint density at radius 2 is 2.00 bits per heavy atom. The van der Waals surface area contributed by atoms with Gasteiger partial charge in [-0.3, -0.25) is 9.59 Å². The van der Waals surface area contributed by atoms with Gasteiger partial charge in [-0.25, -0.2) is 8.78 Å². The van der Waals surface area contributed by atoms with E-state index in [9.17, 15) is 18.4 Å². The Labute approximate surface area is 108 Å². The summed E-state index contributed by atoms with van der Waals surface area (Å²) < 4.78 is 25.8. The third-order valence-corrected chi connectivity index (χ3v) is 3.20. The highest BCUT2D eigenvalue weighted by atomic mass is 19.2. The SMILES string of the molecule is CN(Cc1ccc(F)c(F)c1)C(=O)[C@@H]1C[C@@H]1C(=O)O. The molecule has 1 N–H and O–H groups in total. The van der Waals surface area contributed by atoms with E-state index in [1.54, 1.807) is 0 Å². The minimum absolute atomic E-state index is 0.124. The number of amides is 1. The fourth-order valence-electron chi connectivity index (χ4n) is 2.01. The second kappa shape index (κ2) is 4.95. The van der Waals surface area contributed by atoms with Crippen LogP contribution >= 0.6 is 0 Å². The van der Waals surface area contributed by atoms with Crippen molar-refractivity contribution in [3.05, 3.63) is 35.4 Å². The molecule has 0 heterocycles. The summed E-state index contributed by atoms with van der Waals surface area (Å²) in [6, 6.07) is 3.42. The summed E-state index contributed by atoms with van der Waals surface area (Å²) in [5.74, 6) is -4.26. The average molecular weight is 269 g/mol. The summed E-state index contributed by atoms with van der Waals surface area (Å²) in [7, 11) is 1.51. The summed E-state index contributed by atoms with van der Waals surface area (Å²) in [6.07, 6.45) is 0.344. The molecule has 0 unspecified atom stereocenters. The lowest BCUT2D eigenvalue weighted by molar-refractivity contribution is -0.141. The lowest BCUT2D eigenvalue weighted by Crippen LogP contribution is -2.28. The van der Waals surface area contributed by atoms with Crippen LogP contribution in [0.25, 0.3) is 0 Å². The molecule has 102 valence electrons. The molecule has 2 atom stereocenters. The van der Waals surface area contributed by atoms with Crippen LogP contribution in [0.5, 0.6) is 0 Å². The Bertz CT molecular complexity index is 533. The second-order valence-corrected chi connectivity index (χ2v) is 4.73. The van der Waals surface area contributed by atoms with E-state index in [1.807, 2.05) is 0 Å². The molecule has 2 rings (SSSR count). The van der Waals surface area contributed by atoms with Crippen LogP contribution in [-0.4, -0.2) is 28.9 Å². The molecule has 1 aromatic rings. The summed E-state index contributed by atoms with van der Waals surface area (Å²) in [6.45, 7) is 0.124. The van der Waals surface area contributed by atoms with Gasteiger partial charge in [-0.05, 0) is 24.1 Å². The van der Waals surface area contributed by atoms with E-state index in [1.165, 1.54) is 18.0 Å². The van der Waals surface area contributed by atoms with Crippen LogP contribution in [0.1, 0.15) is 12.0 Å². The Morgan fingerprint density at radius 1 is 1.32 bits per heavy atom. The van der Waals surface area contributed by atoms with Crippen molar-refractivity contribution in [2.45, 2.75) is 13.0 Å². The van der Waals surface area contributed by atoms with Crippen molar-refractivity contribution in [3.8, 4) is 0 Å². The van der Waals surface area contributed by atoms with Crippen LogP contribution in [0, 0.1) is 23.5 Å². The molecule has 1 aromatic carbocycles. The molecule has 0 spiro atoms. The molecule has 0 bridgehead atoms. The number of carboxylic acids is 1. The number of aliphatic carboxylic acids is 1. The van der Waals surface area contributed by atoms with Gasteiger partial charge in [-0.2, -0.15) is 0 Å². The molecule has 19 heavy (non-hydrogen) atoms. The summed E-state index contributed by atoms with van der Waals surface area (Å²) in [5, 5.41) is 8.75. The largest absolute Gasteiger partial charge is 0.481 e. The van der Waals surface area contributed by atoms with E-state index in [4.69, 9.17) is 5.11 Å². The zero-order valence-electron chi connectivity index (χ0n) is 10.3. The first-order chi connectivity index (χ1) is 8.90. The molecule has 0 aromatic heterocycles. The summed E-state index contributed by atoms with van der Waals surface area (Å²) >= 11 is 0. The number of benzene rings is 1. The van der Waals surface area contributed by atoms with Gasteiger partial charge >= 0.3 is 5.97 Å². The Kier molecular flexibility index (Phi) is 3.50. The molecule has 6 heteroatoms. The lowest BCUT2D eigenvalue weighted by atomic mass is 10.2. The van der Waals surface area contributed by atoms with Gasteiger partial charge in [0, 0.05) is 13.6 Å². The van der Waals surface area contributed by atoms with Crippen molar-refractivity contribution >= 4 is 11.9 Å². The standard InChI is InChI=1S/C13H13F2NO3/c1-16(12(17)8-5-9(8)13(18)19)6-7-2-3-10(14)11(15)4-7/h2-4,8-9H,5-6H2,1H3,(H,18,19)/t8-,9+/m1/s1. The van der Waals surface area contributed by atoms with E-state index in [0.717, 1.165) is 12.1 Å². The molecule has 4 nitrogen and oxygen atoms in total. The number of halogens is 2. The minimum Gasteiger partial charge on any atom is -0.481 e. The highest BCUT2D eigenvalue weighted by molar-refractivity contribution is 5.89. The van der Waals surface area contributed by atoms with E-state index in [-0.39, 0.29) is 12.5 Å². The number of hydrogen-bond donors (Lipinski definition) is 1. The van der Waals surface area contributed by atoms with E-state index in [2.05, 4.69) is 0 Å². The van der Waals surface area contributed by atoms with Crippen LogP contribution in [-0.2, 0) is 16.1 Å². The van der Waals surface area contributed by atoms with Crippen LogP contribution in [0.3, 0.4) is 0 Å². The van der Waals surface area contributed by atoms with Crippen LogP contribution in [0.15, 0.2) is 18.2 Å². The first-order valence-electron chi connectivity index (χ1n) is 5.82. The highest BCUT2D eigenvalue weighted by Gasteiger charge is 2.49. The van der Waals surface area contributed by atoms with Gasteiger partial charge in [-0.1, -0.05) is 6.07 Å². The Hall–Kier alpha value is -1.98. The molecular formula is C13H13F2NO3. The molecular weight excluding hydrogens is 256 g/mol. The van der Waals surface area contributed by atoms with Gasteiger partial charge in [0.25, 0.3) is 0 Å². The van der Waals surface area contributed by atoms with Crippen molar-refractivity contribution < 1.29 is 23.5 Å². The summed E-state index contributed by atoms with van der Waals surface area (Å²) in [4.78, 5) is 23.9. The maximum Gasteiger partial charge on any atom is 0.307 e. The fraction of sp³-hybridized carbons (Fsp3) is 0.385. The number of carboxylic acid groups (broad SMARTS) is 1. The molecule has 1 amide bonds. The molecule has 0 saturated heterocycles. The van der Waals surface area contributed by atoms with Crippen molar-refractivity contribution in [3.63, 3.8) is 0 Å². The minimum atomic E-state index is -0.973. The number of carbonyl (C=O) groups is 2. The zero-order valence-corrected chi connectivity index (χ0v) is 10.3. The fourth-order valence-corrected chi connectivity index (χ4v) is 2.01. The van der Waals surface area contributed by atoms with Gasteiger partial charge in [-0.15, -0.1) is 0 Å². The highest BCUT2D eigenvalue weighted by Crippen LogP contribution is 2.40. The van der Waals surface area contributed by atoms with Crippen molar-refractivity contribution in [1.82, 2.24) is 4.90 Å². The van der Waals surface area contributed by atoms with Crippen LogP contribution in [0.4, 0.5) is 8.78 Å². The third-order valence-electron chi connectivity index (χ3n) is 3.20. The molecule has 1 saturated carbocycles. The Morgan fingerprint density at radius 3 is 2.53 bits per heavy atom. The monoisotopic (exact) mass is 269 g/mol. The first-order valence-corrected chi connectivity index (χ1v) is 5.82. The van der Waals surface area contributed by atoms with Crippen LogP contribution in [0.2, 0.25) is 0 Å². The van der Waals surface area contributed by atoms with Gasteiger partial charge in [0.2, 0.25) is 5.91 Å². The molecule has 1 aliphatic rings. The van der Waals surface area contributed by atoms with E-state index < -0.39 is 29.4 Å². The number of carbonyl (C=O) groups excluding carboxylic acids is 1. The maximum absolute atomic E-state index is 13.0. The average Bonchev–Trinajstić information content (AvgIpc) is 3.13. The zero-order chi connectivity index (χ0) is 14.2. The quantitative estimate of drug-likeness (QED) is 0.904. The Balaban J connectivity index is 1.97. The summed E-state index contributed by atoms with van der Waals surface area (Å²) in [5.41, 5.74) is 0.460. The van der Waals surface area contributed by atoms with Crippen LogP contribution < -0.4 is 0 Å². The predicted molar refractivity (Wildman–Crippen MR) is 62.1 cm³/mol. The predicted octanol–water partition coefficient (Wildman–Crippen LogP) is 1.64. The van der Waals surface area contributed by atoms with Gasteiger partial charge < -0.3 is 10.0 Å². The molecule has 0 radical (unpaired) electrons. The normalized spacial score (nSPS) is 21.0. The smallest absolute Gasteiger partial charge is 0.307 e. The second-order valence-electron chi connectivity index (χ2n) is 4.73.